The largest absolute Gasteiger partial charge is 0.351 e. The summed E-state index contributed by atoms with van der Waals surface area (Å²) >= 11 is 1.56. The van der Waals surface area contributed by atoms with E-state index in [0.29, 0.717) is 24.1 Å². The molecule has 1 aliphatic heterocycles. The molecule has 6 rings (SSSR count). The van der Waals surface area contributed by atoms with Gasteiger partial charge in [-0.25, -0.2) is 4.39 Å². The summed E-state index contributed by atoms with van der Waals surface area (Å²) in [7, 11) is 0. The number of carbonyl (C=O) groups excluding carboxylic acids is 2. The second-order valence-electron chi connectivity index (χ2n) is 10.4. The van der Waals surface area contributed by atoms with Gasteiger partial charge in [-0.05, 0) is 72.4 Å². The lowest BCUT2D eigenvalue weighted by atomic mass is 9.82. The minimum atomic E-state index is -1.33. The molecule has 0 spiro atoms. The van der Waals surface area contributed by atoms with Gasteiger partial charge in [-0.2, -0.15) is 0 Å². The molecule has 1 N–H and O–H groups in total. The first kappa shape index (κ1) is 24.8. The van der Waals surface area contributed by atoms with E-state index in [1.807, 2.05) is 52.4 Å². The number of hydrogen-bond donors (Lipinski definition) is 1. The molecule has 5 nitrogen and oxygen atoms in total. The first-order valence-corrected chi connectivity index (χ1v) is 13.9. The van der Waals surface area contributed by atoms with E-state index in [4.69, 9.17) is 0 Å². The van der Waals surface area contributed by atoms with Crippen LogP contribution in [-0.4, -0.2) is 34.0 Å². The maximum absolute atomic E-state index is 14.5. The summed E-state index contributed by atoms with van der Waals surface area (Å²) < 4.78 is 29.9. The van der Waals surface area contributed by atoms with Crippen molar-refractivity contribution in [3.05, 3.63) is 94.7 Å². The first-order chi connectivity index (χ1) is 18.5. The maximum atomic E-state index is 14.5. The zero-order valence-electron chi connectivity index (χ0n) is 20.9. The molecule has 1 unspecified atom stereocenters. The van der Waals surface area contributed by atoms with E-state index >= 15 is 0 Å². The van der Waals surface area contributed by atoms with E-state index in [0.717, 1.165) is 28.6 Å². The average molecular weight is 534 g/mol. The van der Waals surface area contributed by atoms with E-state index in [9.17, 15) is 18.4 Å². The molecule has 0 bridgehead atoms. The van der Waals surface area contributed by atoms with Crippen molar-refractivity contribution in [3.8, 4) is 0 Å². The second kappa shape index (κ2) is 9.98. The van der Waals surface area contributed by atoms with Crippen LogP contribution >= 0.6 is 11.3 Å². The summed E-state index contributed by atoms with van der Waals surface area (Å²) in [6, 6.07) is 19.3. The van der Waals surface area contributed by atoms with Crippen LogP contribution < -0.4 is 5.32 Å². The highest BCUT2D eigenvalue weighted by molar-refractivity contribution is 7.17. The van der Waals surface area contributed by atoms with Gasteiger partial charge in [0.05, 0.1) is 23.4 Å². The summed E-state index contributed by atoms with van der Waals surface area (Å²) in [5.74, 6) is -0.801. The van der Waals surface area contributed by atoms with E-state index in [-0.39, 0.29) is 49.4 Å². The number of rotatable bonds is 6. The summed E-state index contributed by atoms with van der Waals surface area (Å²) in [5, 5.41) is 5.24. The van der Waals surface area contributed by atoms with Gasteiger partial charge in [-0.3, -0.25) is 14.0 Å². The lowest BCUT2D eigenvalue weighted by molar-refractivity contribution is -0.136. The van der Waals surface area contributed by atoms with E-state index in [1.165, 1.54) is 12.1 Å². The van der Waals surface area contributed by atoms with Crippen LogP contribution in [0.1, 0.15) is 47.3 Å². The van der Waals surface area contributed by atoms with Crippen LogP contribution in [0.4, 0.5) is 8.78 Å². The molecule has 2 aliphatic rings. The molecule has 3 heterocycles. The standard InChI is InChI=1S/C30H29F2N3O2S/c31-17-20-8-12-24(13-9-20)33-29(37)30(22-4-2-1-3-5-22)19-34-25-14-15-38-27(25)16-26(34)28(36)35(30)18-21-6-10-23(32)11-7-21/h1-7,10-11,14-16,20,24H,8-9,12-13,17-19H2,(H,33,37). The van der Waals surface area contributed by atoms with Gasteiger partial charge < -0.3 is 14.8 Å². The van der Waals surface area contributed by atoms with E-state index in [1.54, 1.807) is 28.4 Å². The highest BCUT2D eigenvalue weighted by Crippen LogP contribution is 2.41. The van der Waals surface area contributed by atoms with Crippen LogP contribution in [0.2, 0.25) is 0 Å². The minimum Gasteiger partial charge on any atom is -0.351 e. The number of amides is 2. The van der Waals surface area contributed by atoms with Crippen LogP contribution in [-0.2, 0) is 23.4 Å². The molecule has 1 fully saturated rings. The Kier molecular flexibility index (Phi) is 6.51. The Labute approximate surface area is 224 Å². The van der Waals surface area contributed by atoms with Crippen molar-refractivity contribution in [2.75, 3.05) is 6.67 Å². The number of nitrogens with one attached hydrogen (secondary N) is 1. The fraction of sp³-hybridized carbons (Fsp3) is 0.333. The molecule has 1 atom stereocenters. The Balaban J connectivity index is 1.47. The molecule has 0 radical (unpaired) electrons. The summed E-state index contributed by atoms with van der Waals surface area (Å²) in [6.07, 6.45) is 2.88. The maximum Gasteiger partial charge on any atom is 0.272 e. The normalized spacial score (nSPS) is 23.4. The van der Waals surface area contributed by atoms with E-state index in [2.05, 4.69) is 5.32 Å². The Morgan fingerprint density at radius 2 is 1.76 bits per heavy atom. The fourth-order valence-corrected chi connectivity index (χ4v) is 6.80. The highest BCUT2D eigenvalue weighted by atomic mass is 32.1. The highest BCUT2D eigenvalue weighted by Gasteiger charge is 2.53. The van der Waals surface area contributed by atoms with Gasteiger partial charge >= 0.3 is 0 Å². The number of halogens is 2. The van der Waals surface area contributed by atoms with Gasteiger partial charge in [-0.15, -0.1) is 11.3 Å². The van der Waals surface area contributed by atoms with Crippen molar-refractivity contribution < 1.29 is 18.4 Å². The number of carbonyl (C=O) groups is 2. The number of aromatic nitrogens is 1. The number of fused-ring (bicyclic) bond motifs is 3. The van der Waals surface area contributed by atoms with Crippen molar-refractivity contribution in [1.82, 2.24) is 14.8 Å². The fourth-order valence-electron chi connectivity index (χ4n) is 5.98. The predicted molar refractivity (Wildman–Crippen MR) is 144 cm³/mol. The van der Waals surface area contributed by atoms with Crippen molar-refractivity contribution in [2.24, 2.45) is 5.92 Å². The molecule has 2 aromatic carbocycles. The molecular formula is C30H29F2N3O2S. The minimum absolute atomic E-state index is 0.0479. The Morgan fingerprint density at radius 1 is 1.03 bits per heavy atom. The van der Waals surface area contributed by atoms with E-state index < -0.39 is 5.54 Å². The Bertz CT molecular complexity index is 1460. The van der Waals surface area contributed by atoms with Gasteiger partial charge in [0.2, 0.25) is 0 Å². The Hall–Kier alpha value is -3.52. The summed E-state index contributed by atoms with van der Waals surface area (Å²) in [4.78, 5) is 30.4. The van der Waals surface area contributed by atoms with Crippen molar-refractivity contribution in [3.63, 3.8) is 0 Å². The van der Waals surface area contributed by atoms with Crippen molar-refractivity contribution in [1.29, 1.82) is 0 Å². The molecule has 8 heteroatoms. The van der Waals surface area contributed by atoms with Crippen molar-refractivity contribution in [2.45, 2.75) is 50.4 Å². The third-order valence-corrected chi connectivity index (χ3v) is 8.97. The molecule has 38 heavy (non-hydrogen) atoms. The topological polar surface area (TPSA) is 54.3 Å². The number of benzene rings is 2. The Morgan fingerprint density at radius 3 is 2.47 bits per heavy atom. The SMILES string of the molecule is O=C1c2cc3sccc3n2CC(C(=O)NC2CCC(CF)CC2)(c2ccccc2)N1Cc1ccc(F)cc1. The van der Waals surface area contributed by atoms with Crippen LogP contribution in [0, 0.1) is 11.7 Å². The molecule has 4 aromatic rings. The molecule has 1 aliphatic carbocycles. The number of thiophene rings is 1. The van der Waals surface area contributed by atoms with Gasteiger partial charge in [0, 0.05) is 12.6 Å². The van der Waals surface area contributed by atoms with Crippen molar-refractivity contribution >= 4 is 33.4 Å². The molecule has 2 aromatic heterocycles. The quantitative estimate of drug-likeness (QED) is 0.329. The monoisotopic (exact) mass is 533 g/mol. The lowest BCUT2D eigenvalue weighted by Crippen LogP contribution is -2.64. The van der Waals surface area contributed by atoms with Crippen LogP contribution in [0.15, 0.2) is 72.1 Å². The third kappa shape index (κ3) is 4.21. The smallest absolute Gasteiger partial charge is 0.272 e. The predicted octanol–water partition coefficient (Wildman–Crippen LogP) is 6.04. The molecule has 1 saturated carbocycles. The molecule has 2 amide bonds. The second-order valence-corrected chi connectivity index (χ2v) is 11.3. The van der Waals surface area contributed by atoms with Gasteiger partial charge in [0.25, 0.3) is 11.8 Å². The zero-order valence-corrected chi connectivity index (χ0v) is 21.7. The van der Waals surface area contributed by atoms with Crippen LogP contribution in [0.3, 0.4) is 0 Å². The average Bonchev–Trinajstić information content (AvgIpc) is 3.54. The zero-order chi connectivity index (χ0) is 26.3. The number of nitrogens with zero attached hydrogens (tertiary/aromatic N) is 2. The van der Waals surface area contributed by atoms with Crippen LogP contribution in [0.25, 0.3) is 10.2 Å². The van der Waals surface area contributed by atoms with Crippen LogP contribution in [0.5, 0.6) is 0 Å². The lowest BCUT2D eigenvalue weighted by Gasteiger charge is -2.47. The summed E-state index contributed by atoms with van der Waals surface area (Å²) in [5.41, 5.74) is 1.59. The van der Waals surface area contributed by atoms with Gasteiger partial charge in [0.15, 0.2) is 5.54 Å². The van der Waals surface area contributed by atoms with Gasteiger partial charge in [0.1, 0.15) is 11.5 Å². The first-order valence-electron chi connectivity index (χ1n) is 13.0. The number of hydrogen-bond acceptors (Lipinski definition) is 3. The van der Waals surface area contributed by atoms with Gasteiger partial charge in [-0.1, -0.05) is 42.5 Å². The molecular weight excluding hydrogens is 504 g/mol. The number of alkyl halides is 1. The molecule has 196 valence electrons. The third-order valence-electron chi connectivity index (χ3n) is 8.12. The summed E-state index contributed by atoms with van der Waals surface area (Å²) in [6.45, 7) is 0.0711. The molecule has 0 saturated heterocycles.